The number of carbonyl (C=O) groups excluding carboxylic acids is 2. The molecule has 0 fully saturated rings. The summed E-state index contributed by atoms with van der Waals surface area (Å²) in [4.78, 5) is 23.6. The molecule has 0 radical (unpaired) electrons. The van der Waals surface area contributed by atoms with Crippen molar-refractivity contribution in [3.05, 3.63) is 29.8 Å². The number of hydrogen-bond acceptors (Lipinski definition) is 5. The molecule has 0 heterocycles. The van der Waals surface area contributed by atoms with Gasteiger partial charge in [-0.05, 0) is 44.0 Å². The Labute approximate surface area is 172 Å². The highest BCUT2D eigenvalue weighted by Gasteiger charge is 2.07. The fourth-order valence-corrected chi connectivity index (χ4v) is 3.33. The Hall–Kier alpha value is -2.02. The molecule has 7 heteroatoms. The molecule has 1 aromatic rings. The van der Waals surface area contributed by atoms with Gasteiger partial charge in [0.25, 0.3) is 0 Å². The predicted octanol–water partition coefficient (Wildman–Crippen LogP) is 4.94. The quantitative estimate of drug-likeness (QED) is 0.175. The van der Waals surface area contributed by atoms with E-state index in [4.69, 9.17) is 15.9 Å². The van der Waals surface area contributed by atoms with E-state index in [1.165, 1.54) is 37.4 Å². The molecule has 0 saturated heterocycles. The van der Waals surface area contributed by atoms with E-state index in [-0.39, 0.29) is 17.0 Å². The number of anilines is 1. The van der Waals surface area contributed by atoms with E-state index >= 15 is 0 Å². The highest BCUT2D eigenvalue weighted by atomic mass is 32.2. The van der Waals surface area contributed by atoms with Crippen LogP contribution in [0.4, 0.5) is 5.69 Å². The van der Waals surface area contributed by atoms with Gasteiger partial charge >= 0.3 is 5.97 Å². The number of unbranched alkanes of at least 4 members (excludes halogenated alkanes) is 7. The van der Waals surface area contributed by atoms with Crippen molar-refractivity contribution in [1.29, 1.82) is 5.41 Å². The van der Waals surface area contributed by atoms with Gasteiger partial charge in [-0.2, -0.15) is 0 Å². The number of benzene rings is 1. The van der Waals surface area contributed by atoms with Crippen LogP contribution in [-0.2, 0) is 9.53 Å². The first-order valence-electron chi connectivity index (χ1n) is 10.1. The molecule has 0 spiro atoms. The summed E-state index contributed by atoms with van der Waals surface area (Å²) in [7, 11) is 0. The summed E-state index contributed by atoms with van der Waals surface area (Å²) in [6.07, 6.45) is 9.59. The van der Waals surface area contributed by atoms with Crippen molar-refractivity contribution in [3.63, 3.8) is 0 Å². The molecule has 6 nitrogen and oxygen atoms in total. The summed E-state index contributed by atoms with van der Waals surface area (Å²) < 4.78 is 4.94. The molecule has 0 aliphatic rings. The molecule has 0 bridgehead atoms. The lowest BCUT2D eigenvalue weighted by molar-refractivity contribution is -0.116. The van der Waals surface area contributed by atoms with Crippen LogP contribution in [0.1, 0.15) is 75.1 Å². The Morgan fingerprint density at radius 3 is 2.14 bits per heavy atom. The van der Waals surface area contributed by atoms with Crippen molar-refractivity contribution in [1.82, 2.24) is 0 Å². The topological polar surface area (TPSA) is 105 Å². The maximum atomic E-state index is 12.0. The Balaban J connectivity index is 2.03. The van der Waals surface area contributed by atoms with E-state index in [9.17, 15) is 9.59 Å². The van der Waals surface area contributed by atoms with Gasteiger partial charge in [0.2, 0.25) is 5.91 Å². The van der Waals surface area contributed by atoms with Crippen LogP contribution >= 0.6 is 11.8 Å². The minimum atomic E-state index is -0.352. The summed E-state index contributed by atoms with van der Waals surface area (Å²) in [6.45, 7) is 2.11. The number of rotatable bonds is 14. The number of carbonyl (C=O) groups is 2. The third kappa shape index (κ3) is 11.6. The molecule has 0 saturated carbocycles. The van der Waals surface area contributed by atoms with Gasteiger partial charge in [0.1, 0.15) is 0 Å². The second kappa shape index (κ2) is 15.0. The molecule has 28 heavy (non-hydrogen) atoms. The van der Waals surface area contributed by atoms with Crippen LogP contribution in [0.25, 0.3) is 0 Å². The number of ether oxygens (including phenoxy) is 1. The zero-order valence-corrected chi connectivity index (χ0v) is 17.6. The van der Waals surface area contributed by atoms with Crippen LogP contribution in [0.2, 0.25) is 0 Å². The van der Waals surface area contributed by atoms with Gasteiger partial charge in [-0.1, -0.05) is 50.3 Å². The first kappa shape index (κ1) is 24.0. The van der Waals surface area contributed by atoms with Gasteiger partial charge in [-0.3, -0.25) is 10.2 Å². The van der Waals surface area contributed by atoms with Gasteiger partial charge < -0.3 is 15.8 Å². The molecule has 0 atom stereocenters. The molecule has 4 N–H and O–H groups in total. The fourth-order valence-electron chi connectivity index (χ4n) is 2.76. The van der Waals surface area contributed by atoms with Crippen LogP contribution in [0, 0.1) is 5.41 Å². The summed E-state index contributed by atoms with van der Waals surface area (Å²) in [5.41, 5.74) is 6.47. The number of hydrogen-bond donors (Lipinski definition) is 3. The van der Waals surface area contributed by atoms with Crippen LogP contribution in [-0.4, -0.2) is 29.4 Å². The standard InChI is InChI=1S/C21H33N3O3S/c1-2-27-20(26)17-12-14-18(15-13-17)24-19(25)11-9-7-5-3-4-6-8-10-16-28-21(22)23/h12-15H,2-11,16H2,1H3,(H3,22,23)(H,24,25). The number of thioether (sulfide) groups is 1. The molecule has 0 aliphatic carbocycles. The largest absolute Gasteiger partial charge is 0.462 e. The smallest absolute Gasteiger partial charge is 0.338 e. The third-order valence-corrected chi connectivity index (χ3v) is 5.04. The zero-order valence-electron chi connectivity index (χ0n) is 16.8. The van der Waals surface area contributed by atoms with Gasteiger partial charge in [-0.15, -0.1) is 0 Å². The van der Waals surface area contributed by atoms with E-state index in [1.54, 1.807) is 31.2 Å². The Morgan fingerprint density at radius 2 is 1.57 bits per heavy atom. The minimum Gasteiger partial charge on any atom is -0.462 e. The van der Waals surface area contributed by atoms with Crippen LogP contribution < -0.4 is 11.1 Å². The van der Waals surface area contributed by atoms with E-state index in [2.05, 4.69) is 5.32 Å². The number of esters is 1. The number of amides is 1. The summed E-state index contributed by atoms with van der Waals surface area (Å²) in [5.74, 6) is 0.595. The maximum absolute atomic E-state index is 12.0. The molecule has 0 unspecified atom stereocenters. The van der Waals surface area contributed by atoms with Gasteiger partial charge in [0, 0.05) is 17.9 Å². The molecule has 156 valence electrons. The van der Waals surface area contributed by atoms with E-state index < -0.39 is 0 Å². The lowest BCUT2D eigenvalue weighted by Gasteiger charge is -2.07. The van der Waals surface area contributed by atoms with Crippen molar-refractivity contribution >= 4 is 34.5 Å². The zero-order chi connectivity index (χ0) is 20.6. The highest BCUT2D eigenvalue weighted by molar-refractivity contribution is 8.13. The number of nitrogens with two attached hydrogens (primary N) is 1. The molecule has 0 aromatic heterocycles. The van der Waals surface area contributed by atoms with E-state index in [0.717, 1.165) is 31.4 Å². The molecule has 0 aliphatic heterocycles. The van der Waals surface area contributed by atoms with E-state index in [1.807, 2.05) is 0 Å². The second-order valence-corrected chi connectivity index (χ2v) is 7.77. The average molecular weight is 408 g/mol. The Morgan fingerprint density at radius 1 is 1.00 bits per heavy atom. The number of amidine groups is 1. The SMILES string of the molecule is CCOC(=O)c1ccc(NC(=O)CCCCCCCCCCSC(=N)N)cc1. The van der Waals surface area contributed by atoms with Gasteiger partial charge in [-0.25, -0.2) is 4.79 Å². The van der Waals surface area contributed by atoms with Crippen molar-refractivity contribution < 1.29 is 14.3 Å². The molecule has 1 rings (SSSR count). The maximum Gasteiger partial charge on any atom is 0.338 e. The van der Waals surface area contributed by atoms with Crippen LogP contribution in [0.3, 0.4) is 0 Å². The number of nitrogens with one attached hydrogen (secondary N) is 2. The minimum absolute atomic E-state index is 0.00635. The summed E-state index contributed by atoms with van der Waals surface area (Å²) >= 11 is 1.42. The lowest BCUT2D eigenvalue weighted by atomic mass is 10.1. The third-order valence-electron chi connectivity index (χ3n) is 4.24. The Kier molecular flexibility index (Phi) is 12.8. The average Bonchev–Trinajstić information content (AvgIpc) is 2.66. The molecular formula is C21H33N3O3S. The molecular weight excluding hydrogens is 374 g/mol. The lowest BCUT2D eigenvalue weighted by Crippen LogP contribution is -2.11. The van der Waals surface area contributed by atoms with Crippen LogP contribution in [0.5, 0.6) is 0 Å². The van der Waals surface area contributed by atoms with Crippen molar-refractivity contribution in [3.8, 4) is 0 Å². The van der Waals surface area contributed by atoms with Crippen LogP contribution in [0.15, 0.2) is 24.3 Å². The highest BCUT2D eigenvalue weighted by Crippen LogP contribution is 2.14. The predicted molar refractivity (Wildman–Crippen MR) is 117 cm³/mol. The normalized spacial score (nSPS) is 10.5. The summed E-state index contributed by atoms with van der Waals surface area (Å²) in [6, 6.07) is 6.76. The van der Waals surface area contributed by atoms with Crippen molar-refractivity contribution in [2.45, 2.75) is 64.7 Å². The van der Waals surface area contributed by atoms with Gasteiger partial charge in [0.15, 0.2) is 5.17 Å². The second-order valence-electron chi connectivity index (χ2n) is 6.64. The van der Waals surface area contributed by atoms with Crippen molar-refractivity contribution in [2.75, 3.05) is 17.7 Å². The fraction of sp³-hybridized carbons (Fsp3) is 0.571. The van der Waals surface area contributed by atoms with Gasteiger partial charge in [0.05, 0.1) is 12.2 Å². The molecule has 1 amide bonds. The first-order valence-corrected chi connectivity index (χ1v) is 11.1. The first-order chi connectivity index (χ1) is 13.5. The Bertz CT molecular complexity index is 605. The van der Waals surface area contributed by atoms with Crippen molar-refractivity contribution in [2.24, 2.45) is 5.73 Å². The van der Waals surface area contributed by atoms with E-state index in [0.29, 0.717) is 24.3 Å². The monoisotopic (exact) mass is 407 g/mol. The summed E-state index contributed by atoms with van der Waals surface area (Å²) in [5, 5.41) is 10.2. The molecule has 1 aromatic carbocycles.